The maximum Gasteiger partial charge on any atom is 0.241 e. The number of nitrogens with zero attached hydrogens (tertiary/aromatic N) is 1. The van der Waals surface area contributed by atoms with E-state index in [0.29, 0.717) is 25.0 Å². The molecule has 0 aliphatic heterocycles. The number of hydrogen-bond donors (Lipinski definition) is 3. The lowest BCUT2D eigenvalue weighted by atomic mass is 9.97. The highest BCUT2D eigenvalue weighted by atomic mass is 79.9. The Morgan fingerprint density at radius 3 is 2.73 bits per heavy atom. The maximum atomic E-state index is 11.8. The van der Waals surface area contributed by atoms with Gasteiger partial charge in [0.25, 0.3) is 0 Å². The molecule has 0 radical (unpaired) electrons. The number of rotatable bonds is 11. The SMILES string of the molecule is CCNC(=NCC(=O)NCCOC)NCC(CC)Cc1cccc(Br)c1. The normalized spacial score (nSPS) is 12.5. The van der Waals surface area contributed by atoms with Crippen LogP contribution < -0.4 is 16.0 Å². The van der Waals surface area contributed by atoms with Gasteiger partial charge in [0.15, 0.2) is 5.96 Å². The summed E-state index contributed by atoms with van der Waals surface area (Å²) >= 11 is 3.52. The van der Waals surface area contributed by atoms with E-state index in [0.717, 1.165) is 30.4 Å². The summed E-state index contributed by atoms with van der Waals surface area (Å²) < 4.78 is 6.02. The van der Waals surface area contributed by atoms with Gasteiger partial charge in [0.2, 0.25) is 5.91 Å². The number of methoxy groups -OCH3 is 1. The lowest BCUT2D eigenvalue weighted by molar-refractivity contribution is -0.119. The average Bonchev–Trinajstić information content (AvgIpc) is 2.63. The summed E-state index contributed by atoms with van der Waals surface area (Å²) in [5, 5.41) is 9.30. The Balaban J connectivity index is 2.51. The van der Waals surface area contributed by atoms with Crippen LogP contribution in [0.1, 0.15) is 25.8 Å². The Labute approximate surface area is 165 Å². The van der Waals surface area contributed by atoms with Crippen molar-refractivity contribution in [1.29, 1.82) is 0 Å². The zero-order chi connectivity index (χ0) is 19.2. The predicted octanol–water partition coefficient (Wildman–Crippen LogP) is 2.34. The van der Waals surface area contributed by atoms with Gasteiger partial charge in [-0.15, -0.1) is 0 Å². The molecule has 0 aromatic heterocycles. The summed E-state index contributed by atoms with van der Waals surface area (Å²) in [4.78, 5) is 16.1. The lowest BCUT2D eigenvalue weighted by Gasteiger charge is -2.18. The predicted molar refractivity (Wildman–Crippen MR) is 110 cm³/mol. The van der Waals surface area contributed by atoms with Crippen molar-refractivity contribution in [1.82, 2.24) is 16.0 Å². The van der Waals surface area contributed by atoms with E-state index in [2.05, 4.69) is 62.0 Å². The molecule has 1 amide bonds. The van der Waals surface area contributed by atoms with Gasteiger partial charge < -0.3 is 20.7 Å². The van der Waals surface area contributed by atoms with Gasteiger partial charge in [-0.3, -0.25) is 4.79 Å². The van der Waals surface area contributed by atoms with Crippen molar-refractivity contribution in [3.05, 3.63) is 34.3 Å². The number of carbonyl (C=O) groups excluding carboxylic acids is 1. The number of amides is 1. The van der Waals surface area contributed by atoms with Crippen LogP contribution in [0.25, 0.3) is 0 Å². The zero-order valence-corrected chi connectivity index (χ0v) is 17.6. The summed E-state index contributed by atoms with van der Waals surface area (Å²) in [6, 6.07) is 8.41. The van der Waals surface area contributed by atoms with Crippen molar-refractivity contribution in [3.8, 4) is 0 Å². The molecule has 7 heteroatoms. The molecule has 1 unspecified atom stereocenters. The standard InChI is InChI=1S/C19H31BrN4O2/c1-4-15(11-16-7-6-8-17(20)12-16)13-23-19(21-5-2)24-14-18(25)22-9-10-26-3/h6-8,12,15H,4-5,9-11,13-14H2,1-3H3,(H,22,25)(H2,21,23,24). The molecule has 1 rings (SSSR count). The second kappa shape index (κ2) is 13.6. The number of halogens is 1. The molecule has 146 valence electrons. The van der Waals surface area contributed by atoms with E-state index in [9.17, 15) is 4.79 Å². The van der Waals surface area contributed by atoms with Crippen LogP contribution in [0.15, 0.2) is 33.7 Å². The van der Waals surface area contributed by atoms with Gasteiger partial charge in [0.05, 0.1) is 6.61 Å². The molecule has 0 saturated carbocycles. The van der Waals surface area contributed by atoms with Crippen LogP contribution in [0.5, 0.6) is 0 Å². The Hall–Kier alpha value is -1.60. The van der Waals surface area contributed by atoms with Crippen molar-refractivity contribution in [2.24, 2.45) is 10.9 Å². The second-order valence-corrected chi connectivity index (χ2v) is 6.94. The Morgan fingerprint density at radius 2 is 2.08 bits per heavy atom. The number of guanidine groups is 1. The molecule has 26 heavy (non-hydrogen) atoms. The first-order valence-corrected chi connectivity index (χ1v) is 9.90. The van der Waals surface area contributed by atoms with Crippen molar-refractivity contribution in [3.63, 3.8) is 0 Å². The number of benzene rings is 1. The average molecular weight is 427 g/mol. The third-order valence-corrected chi connectivity index (χ3v) is 4.40. The molecular formula is C19H31BrN4O2. The van der Waals surface area contributed by atoms with E-state index >= 15 is 0 Å². The molecule has 3 N–H and O–H groups in total. The summed E-state index contributed by atoms with van der Waals surface area (Å²) in [6.45, 7) is 6.86. The molecule has 0 bridgehead atoms. The first-order valence-electron chi connectivity index (χ1n) is 9.11. The highest BCUT2D eigenvalue weighted by Gasteiger charge is 2.09. The number of aliphatic imine (C=N–C) groups is 1. The van der Waals surface area contributed by atoms with Crippen LogP contribution in [0, 0.1) is 5.92 Å². The quantitative estimate of drug-likeness (QED) is 0.288. The highest BCUT2D eigenvalue weighted by Crippen LogP contribution is 2.16. The van der Waals surface area contributed by atoms with Gasteiger partial charge in [-0.05, 0) is 37.0 Å². The maximum absolute atomic E-state index is 11.8. The minimum atomic E-state index is -0.111. The smallest absolute Gasteiger partial charge is 0.241 e. The summed E-state index contributed by atoms with van der Waals surface area (Å²) in [7, 11) is 1.61. The van der Waals surface area contributed by atoms with Crippen LogP contribution in [-0.4, -0.2) is 51.8 Å². The first-order chi connectivity index (χ1) is 12.6. The van der Waals surface area contributed by atoms with Crippen LogP contribution in [0.3, 0.4) is 0 Å². The molecule has 6 nitrogen and oxygen atoms in total. The van der Waals surface area contributed by atoms with Gasteiger partial charge in [-0.25, -0.2) is 4.99 Å². The van der Waals surface area contributed by atoms with Crippen molar-refractivity contribution in [2.75, 3.05) is 39.9 Å². The third-order valence-electron chi connectivity index (χ3n) is 3.90. The Morgan fingerprint density at radius 1 is 1.27 bits per heavy atom. The summed E-state index contributed by atoms with van der Waals surface area (Å²) in [6.07, 6.45) is 2.07. The fraction of sp³-hybridized carbons (Fsp3) is 0.579. The molecule has 1 aromatic rings. The van der Waals surface area contributed by atoms with Gasteiger partial charge in [-0.1, -0.05) is 41.4 Å². The largest absolute Gasteiger partial charge is 0.383 e. The number of nitrogens with one attached hydrogen (secondary N) is 3. The molecule has 0 fully saturated rings. The molecule has 1 aromatic carbocycles. The Bertz CT molecular complexity index is 566. The van der Waals surface area contributed by atoms with Gasteiger partial charge in [0.1, 0.15) is 6.54 Å². The number of ether oxygens (including phenoxy) is 1. The van der Waals surface area contributed by atoms with E-state index in [-0.39, 0.29) is 12.5 Å². The number of hydrogen-bond acceptors (Lipinski definition) is 3. The van der Waals surface area contributed by atoms with Crippen LogP contribution in [0.4, 0.5) is 0 Å². The van der Waals surface area contributed by atoms with E-state index in [1.165, 1.54) is 5.56 Å². The topological polar surface area (TPSA) is 74.8 Å². The van der Waals surface area contributed by atoms with Crippen LogP contribution in [0.2, 0.25) is 0 Å². The van der Waals surface area contributed by atoms with E-state index < -0.39 is 0 Å². The fourth-order valence-electron chi connectivity index (χ4n) is 2.44. The second-order valence-electron chi connectivity index (χ2n) is 6.03. The molecule has 0 heterocycles. The van der Waals surface area contributed by atoms with E-state index in [1.807, 2.05) is 13.0 Å². The molecule has 0 aliphatic carbocycles. The zero-order valence-electron chi connectivity index (χ0n) is 16.0. The lowest BCUT2D eigenvalue weighted by Crippen LogP contribution is -2.41. The molecular weight excluding hydrogens is 396 g/mol. The molecule has 0 saturated heterocycles. The Kier molecular flexibility index (Phi) is 11.7. The molecule has 0 aliphatic rings. The summed E-state index contributed by atoms with van der Waals surface area (Å²) in [5.41, 5.74) is 1.31. The van der Waals surface area contributed by atoms with Gasteiger partial charge in [0, 0.05) is 31.2 Å². The van der Waals surface area contributed by atoms with Crippen LogP contribution in [-0.2, 0) is 16.0 Å². The minimum absolute atomic E-state index is 0.0987. The van der Waals surface area contributed by atoms with E-state index in [1.54, 1.807) is 7.11 Å². The van der Waals surface area contributed by atoms with Crippen molar-refractivity contribution < 1.29 is 9.53 Å². The van der Waals surface area contributed by atoms with Crippen molar-refractivity contribution >= 4 is 27.8 Å². The summed E-state index contributed by atoms with van der Waals surface area (Å²) in [5.74, 6) is 1.05. The molecule has 1 atom stereocenters. The number of carbonyl (C=O) groups is 1. The molecule has 0 spiro atoms. The third kappa shape index (κ3) is 9.77. The van der Waals surface area contributed by atoms with Crippen LogP contribution >= 0.6 is 15.9 Å². The van der Waals surface area contributed by atoms with Gasteiger partial charge in [-0.2, -0.15) is 0 Å². The van der Waals surface area contributed by atoms with Gasteiger partial charge >= 0.3 is 0 Å². The monoisotopic (exact) mass is 426 g/mol. The first kappa shape index (κ1) is 22.4. The minimum Gasteiger partial charge on any atom is -0.383 e. The van der Waals surface area contributed by atoms with E-state index in [4.69, 9.17) is 4.74 Å². The fourth-order valence-corrected chi connectivity index (χ4v) is 2.89. The highest BCUT2D eigenvalue weighted by molar-refractivity contribution is 9.10. The van der Waals surface area contributed by atoms with Crippen molar-refractivity contribution in [2.45, 2.75) is 26.7 Å².